The third-order valence-corrected chi connectivity index (χ3v) is 3.13. The van der Waals surface area contributed by atoms with Crippen molar-refractivity contribution >= 4 is 11.9 Å². The first-order valence-corrected chi connectivity index (χ1v) is 7.22. The molecular weight excluding hydrogens is 306 g/mol. The minimum Gasteiger partial charge on any atom is -0.421 e. The van der Waals surface area contributed by atoms with E-state index in [0.717, 1.165) is 0 Å². The van der Waals surface area contributed by atoms with Crippen LogP contribution < -0.4 is 9.47 Å². The summed E-state index contributed by atoms with van der Waals surface area (Å²) in [6, 6.07) is 18.6. The second-order valence-corrected chi connectivity index (χ2v) is 4.87. The van der Waals surface area contributed by atoms with Crippen molar-refractivity contribution < 1.29 is 19.1 Å². The maximum absolute atomic E-state index is 12.0. The molecular formula is C19H13NO4. The summed E-state index contributed by atoms with van der Waals surface area (Å²) in [6.45, 7) is 0. The molecule has 0 aliphatic carbocycles. The molecule has 0 atom stereocenters. The van der Waals surface area contributed by atoms with Gasteiger partial charge in [0.2, 0.25) is 0 Å². The third-order valence-electron chi connectivity index (χ3n) is 3.13. The van der Waals surface area contributed by atoms with E-state index in [4.69, 9.17) is 9.47 Å². The highest BCUT2D eigenvalue weighted by atomic mass is 16.5. The number of ether oxygens (including phenoxy) is 2. The van der Waals surface area contributed by atoms with E-state index in [9.17, 15) is 9.59 Å². The van der Waals surface area contributed by atoms with Gasteiger partial charge in [-0.1, -0.05) is 36.4 Å². The van der Waals surface area contributed by atoms with Gasteiger partial charge in [-0.25, -0.2) is 9.59 Å². The zero-order valence-electron chi connectivity index (χ0n) is 12.6. The van der Waals surface area contributed by atoms with Crippen LogP contribution in [0.3, 0.4) is 0 Å². The molecule has 5 heteroatoms. The second kappa shape index (κ2) is 7.19. The third kappa shape index (κ3) is 3.84. The van der Waals surface area contributed by atoms with E-state index in [1.165, 1.54) is 18.5 Å². The highest BCUT2D eigenvalue weighted by Gasteiger charge is 2.11. The molecule has 118 valence electrons. The zero-order chi connectivity index (χ0) is 16.8. The molecule has 0 radical (unpaired) electrons. The Hall–Kier alpha value is -3.47. The Balaban J connectivity index is 1.70. The normalized spacial score (nSPS) is 10.0. The van der Waals surface area contributed by atoms with Gasteiger partial charge >= 0.3 is 11.9 Å². The minimum atomic E-state index is -0.510. The van der Waals surface area contributed by atoms with Crippen LogP contribution in [-0.2, 0) is 0 Å². The molecule has 0 bridgehead atoms. The van der Waals surface area contributed by atoms with Crippen molar-refractivity contribution in [2.24, 2.45) is 0 Å². The van der Waals surface area contributed by atoms with E-state index in [1.807, 2.05) is 12.1 Å². The van der Waals surface area contributed by atoms with Crippen LogP contribution in [-0.4, -0.2) is 16.9 Å². The van der Waals surface area contributed by atoms with Crippen molar-refractivity contribution in [3.63, 3.8) is 0 Å². The topological polar surface area (TPSA) is 65.5 Å². The van der Waals surface area contributed by atoms with E-state index in [0.29, 0.717) is 11.1 Å². The molecule has 0 amide bonds. The first kappa shape index (κ1) is 15.4. The highest BCUT2D eigenvalue weighted by molar-refractivity contribution is 5.91. The molecule has 24 heavy (non-hydrogen) atoms. The molecule has 2 aromatic carbocycles. The van der Waals surface area contributed by atoms with Crippen LogP contribution in [0, 0.1) is 0 Å². The Morgan fingerprint density at radius 1 is 0.667 bits per heavy atom. The summed E-state index contributed by atoms with van der Waals surface area (Å²) in [6.07, 6.45) is 2.75. The standard InChI is InChI=1S/C19H13NO4/c21-18(14-7-3-1-4-8-14)23-16-11-17(13-20-12-16)24-19(22)15-9-5-2-6-10-15/h1-13H. The highest BCUT2D eigenvalue weighted by Crippen LogP contribution is 2.19. The van der Waals surface area contributed by atoms with Crippen molar-refractivity contribution in [2.45, 2.75) is 0 Å². The van der Waals surface area contributed by atoms with E-state index in [1.54, 1.807) is 48.5 Å². The number of hydrogen-bond donors (Lipinski definition) is 0. The number of esters is 2. The van der Waals surface area contributed by atoms with Gasteiger partial charge in [0, 0.05) is 6.07 Å². The van der Waals surface area contributed by atoms with Crippen LogP contribution in [0.25, 0.3) is 0 Å². The van der Waals surface area contributed by atoms with Crippen LogP contribution in [0.2, 0.25) is 0 Å². The number of carbonyl (C=O) groups is 2. The maximum atomic E-state index is 12.0. The molecule has 3 rings (SSSR count). The predicted octanol–water partition coefficient (Wildman–Crippen LogP) is 3.52. The lowest BCUT2D eigenvalue weighted by Gasteiger charge is -2.07. The fourth-order valence-corrected chi connectivity index (χ4v) is 1.99. The SMILES string of the molecule is O=C(Oc1cncc(OC(=O)c2ccccc2)c1)c1ccccc1. The number of rotatable bonds is 4. The number of pyridine rings is 1. The number of carbonyl (C=O) groups excluding carboxylic acids is 2. The molecule has 0 N–H and O–H groups in total. The lowest BCUT2D eigenvalue weighted by molar-refractivity contribution is 0.0731. The fourth-order valence-electron chi connectivity index (χ4n) is 1.99. The molecule has 0 aliphatic heterocycles. The van der Waals surface area contributed by atoms with Crippen LogP contribution in [0.5, 0.6) is 11.5 Å². The van der Waals surface area contributed by atoms with E-state index in [-0.39, 0.29) is 11.5 Å². The summed E-state index contributed by atoms with van der Waals surface area (Å²) in [5.74, 6) is -0.627. The largest absolute Gasteiger partial charge is 0.421 e. The number of benzene rings is 2. The summed E-state index contributed by atoms with van der Waals surface area (Å²) in [4.78, 5) is 27.9. The van der Waals surface area contributed by atoms with Gasteiger partial charge in [0.25, 0.3) is 0 Å². The Labute approximate surface area is 138 Å². The molecule has 1 heterocycles. The van der Waals surface area contributed by atoms with Crippen molar-refractivity contribution in [2.75, 3.05) is 0 Å². The van der Waals surface area contributed by atoms with Gasteiger partial charge in [-0.15, -0.1) is 0 Å². The van der Waals surface area contributed by atoms with Crippen molar-refractivity contribution in [1.29, 1.82) is 0 Å². The molecule has 0 fully saturated rings. The van der Waals surface area contributed by atoms with Gasteiger partial charge in [0.15, 0.2) is 11.5 Å². The molecule has 1 aromatic heterocycles. The minimum absolute atomic E-state index is 0.196. The summed E-state index contributed by atoms with van der Waals surface area (Å²) in [7, 11) is 0. The average Bonchev–Trinajstić information content (AvgIpc) is 2.63. The summed E-state index contributed by atoms with van der Waals surface area (Å²) in [5.41, 5.74) is 0.841. The first-order chi connectivity index (χ1) is 11.7. The van der Waals surface area contributed by atoms with Gasteiger partial charge < -0.3 is 9.47 Å². The molecule has 0 unspecified atom stereocenters. The summed E-state index contributed by atoms with van der Waals surface area (Å²) >= 11 is 0. The molecule has 5 nitrogen and oxygen atoms in total. The monoisotopic (exact) mass is 319 g/mol. The first-order valence-electron chi connectivity index (χ1n) is 7.22. The predicted molar refractivity (Wildman–Crippen MR) is 87.0 cm³/mol. The van der Waals surface area contributed by atoms with Gasteiger partial charge in [-0.3, -0.25) is 4.98 Å². The zero-order valence-corrected chi connectivity index (χ0v) is 12.6. The Morgan fingerprint density at radius 2 is 1.08 bits per heavy atom. The Kier molecular flexibility index (Phi) is 4.62. The molecule has 0 saturated heterocycles. The smallest absolute Gasteiger partial charge is 0.343 e. The van der Waals surface area contributed by atoms with Gasteiger partial charge in [-0.2, -0.15) is 0 Å². The quantitative estimate of drug-likeness (QED) is 0.688. The van der Waals surface area contributed by atoms with E-state index >= 15 is 0 Å². The van der Waals surface area contributed by atoms with Crippen molar-refractivity contribution in [3.05, 3.63) is 90.3 Å². The summed E-state index contributed by atoms with van der Waals surface area (Å²) in [5, 5.41) is 0. The number of hydrogen-bond acceptors (Lipinski definition) is 5. The number of nitrogens with zero attached hydrogens (tertiary/aromatic N) is 1. The van der Waals surface area contributed by atoms with Gasteiger partial charge in [0.1, 0.15) is 0 Å². The Morgan fingerprint density at radius 3 is 1.50 bits per heavy atom. The Bertz CT molecular complexity index is 779. The lowest BCUT2D eigenvalue weighted by Crippen LogP contribution is -2.10. The molecule has 0 saturated carbocycles. The van der Waals surface area contributed by atoms with E-state index in [2.05, 4.69) is 4.98 Å². The molecule has 3 aromatic rings. The van der Waals surface area contributed by atoms with Crippen LogP contribution in [0.1, 0.15) is 20.7 Å². The van der Waals surface area contributed by atoms with Crippen molar-refractivity contribution in [3.8, 4) is 11.5 Å². The van der Waals surface area contributed by atoms with Crippen LogP contribution in [0.4, 0.5) is 0 Å². The van der Waals surface area contributed by atoms with Gasteiger partial charge in [0.05, 0.1) is 23.5 Å². The lowest BCUT2D eigenvalue weighted by atomic mass is 10.2. The van der Waals surface area contributed by atoms with E-state index < -0.39 is 11.9 Å². The maximum Gasteiger partial charge on any atom is 0.343 e. The van der Waals surface area contributed by atoms with Crippen LogP contribution in [0.15, 0.2) is 79.1 Å². The molecule has 0 spiro atoms. The molecule has 0 aliphatic rings. The average molecular weight is 319 g/mol. The van der Waals surface area contributed by atoms with Crippen molar-refractivity contribution in [1.82, 2.24) is 4.98 Å². The number of aromatic nitrogens is 1. The summed E-state index contributed by atoms with van der Waals surface area (Å²) < 4.78 is 10.5. The van der Waals surface area contributed by atoms with Gasteiger partial charge in [-0.05, 0) is 24.3 Å². The van der Waals surface area contributed by atoms with Crippen LogP contribution >= 0.6 is 0 Å². The second-order valence-electron chi connectivity index (χ2n) is 4.87. The fraction of sp³-hybridized carbons (Fsp3) is 0.